The molecule has 0 aromatic carbocycles. The topological polar surface area (TPSA) is 70.9 Å². The van der Waals surface area contributed by atoms with Crippen LogP contribution in [0, 0.1) is 0 Å². The van der Waals surface area contributed by atoms with Crippen LogP contribution >= 0.6 is 0 Å². The van der Waals surface area contributed by atoms with Crippen molar-refractivity contribution < 1.29 is 8.78 Å². The number of alkyl halides is 2. The number of nitrogens with zero attached hydrogens (tertiary/aromatic N) is 5. The van der Waals surface area contributed by atoms with Crippen LogP contribution in [-0.4, -0.2) is 50.8 Å². The van der Waals surface area contributed by atoms with Gasteiger partial charge >= 0.3 is 0 Å². The van der Waals surface area contributed by atoms with Gasteiger partial charge in [-0.15, -0.1) is 0 Å². The molecule has 7 nitrogen and oxygen atoms in total. The van der Waals surface area contributed by atoms with E-state index in [9.17, 15) is 8.78 Å². The Bertz CT molecular complexity index is 1110. The number of halogens is 2. The molecule has 0 spiro atoms. The van der Waals surface area contributed by atoms with Crippen molar-refractivity contribution in [2.45, 2.75) is 50.2 Å². The minimum Gasteiger partial charge on any atom is -0.365 e. The summed E-state index contributed by atoms with van der Waals surface area (Å²) in [6, 6.07) is 8.31. The number of aromatic nitrogens is 4. The van der Waals surface area contributed by atoms with E-state index in [2.05, 4.69) is 25.5 Å². The predicted molar refractivity (Wildman–Crippen MR) is 118 cm³/mol. The van der Waals surface area contributed by atoms with Gasteiger partial charge in [-0.2, -0.15) is 5.10 Å². The first-order valence-corrected chi connectivity index (χ1v) is 11.2. The summed E-state index contributed by atoms with van der Waals surface area (Å²) in [7, 11) is 0. The van der Waals surface area contributed by atoms with Crippen LogP contribution in [0.3, 0.4) is 0 Å². The van der Waals surface area contributed by atoms with Crippen LogP contribution in [0.1, 0.15) is 31.2 Å². The molecular weight excluding hydrogens is 412 g/mol. The fourth-order valence-corrected chi connectivity index (χ4v) is 4.90. The Morgan fingerprint density at radius 3 is 2.66 bits per heavy atom. The fraction of sp³-hybridized carbons (Fsp3) is 0.435. The molecular formula is C23H25F2N7. The lowest BCUT2D eigenvalue weighted by Crippen LogP contribution is -2.54. The maximum absolute atomic E-state index is 13.0. The third-order valence-electron chi connectivity index (χ3n) is 6.68. The third-order valence-corrected chi connectivity index (χ3v) is 6.68. The molecule has 6 rings (SSSR count). The summed E-state index contributed by atoms with van der Waals surface area (Å²) in [5.41, 5.74) is 4.01. The second-order valence-corrected chi connectivity index (χ2v) is 8.96. The SMILES string of the molecule is FC1(F)CC(NC2CCN(c3ccc(-n4cc5c(n4)-c4cccnc4NC5)cn3)CC2)C1. The highest BCUT2D eigenvalue weighted by Crippen LogP contribution is 2.38. The number of hydrogen-bond acceptors (Lipinski definition) is 6. The van der Waals surface area contributed by atoms with Crippen LogP contribution in [0.25, 0.3) is 16.9 Å². The second-order valence-electron chi connectivity index (χ2n) is 8.96. The molecule has 0 amide bonds. The van der Waals surface area contributed by atoms with E-state index in [1.54, 1.807) is 6.20 Å². The van der Waals surface area contributed by atoms with E-state index in [0.29, 0.717) is 12.6 Å². The molecule has 5 heterocycles. The number of nitrogens with one attached hydrogen (secondary N) is 2. The van der Waals surface area contributed by atoms with Gasteiger partial charge in [-0.1, -0.05) is 0 Å². The summed E-state index contributed by atoms with van der Waals surface area (Å²) < 4.78 is 28.0. The molecule has 3 aromatic rings. The van der Waals surface area contributed by atoms with Gasteiger partial charge in [0.05, 0.1) is 11.9 Å². The molecule has 2 fully saturated rings. The summed E-state index contributed by atoms with van der Waals surface area (Å²) in [5, 5.41) is 11.5. The highest BCUT2D eigenvalue weighted by atomic mass is 19.3. The van der Waals surface area contributed by atoms with Crippen LogP contribution in [0.5, 0.6) is 0 Å². The molecule has 0 unspecified atom stereocenters. The zero-order valence-electron chi connectivity index (χ0n) is 17.6. The average molecular weight is 437 g/mol. The van der Waals surface area contributed by atoms with Crippen LogP contribution in [0.2, 0.25) is 0 Å². The van der Waals surface area contributed by atoms with Crippen molar-refractivity contribution in [1.82, 2.24) is 25.1 Å². The number of anilines is 2. The minimum absolute atomic E-state index is 0.0226. The fourth-order valence-electron chi connectivity index (χ4n) is 4.90. The number of piperidine rings is 1. The second kappa shape index (κ2) is 7.51. The maximum atomic E-state index is 13.0. The molecule has 1 saturated heterocycles. The Labute approximate surface area is 184 Å². The molecule has 0 radical (unpaired) electrons. The van der Waals surface area contributed by atoms with Crippen molar-refractivity contribution in [3.63, 3.8) is 0 Å². The highest BCUT2D eigenvalue weighted by molar-refractivity contribution is 5.77. The lowest BCUT2D eigenvalue weighted by molar-refractivity contribution is -0.0951. The van der Waals surface area contributed by atoms with Gasteiger partial charge in [0.15, 0.2) is 0 Å². The summed E-state index contributed by atoms with van der Waals surface area (Å²) in [4.78, 5) is 11.3. The van der Waals surface area contributed by atoms with Crippen molar-refractivity contribution in [1.29, 1.82) is 0 Å². The van der Waals surface area contributed by atoms with Gasteiger partial charge in [-0.3, -0.25) is 0 Å². The molecule has 1 saturated carbocycles. The van der Waals surface area contributed by atoms with Crippen LogP contribution in [0.4, 0.5) is 20.4 Å². The zero-order chi connectivity index (χ0) is 21.7. The van der Waals surface area contributed by atoms with Crippen LogP contribution < -0.4 is 15.5 Å². The van der Waals surface area contributed by atoms with Gasteiger partial charge in [-0.05, 0) is 37.1 Å². The monoisotopic (exact) mass is 437 g/mol. The van der Waals surface area contributed by atoms with Crippen molar-refractivity contribution >= 4 is 11.6 Å². The van der Waals surface area contributed by atoms with Crippen molar-refractivity contribution in [2.24, 2.45) is 0 Å². The summed E-state index contributed by atoms with van der Waals surface area (Å²) >= 11 is 0. The minimum atomic E-state index is -2.46. The highest BCUT2D eigenvalue weighted by Gasteiger charge is 2.45. The van der Waals surface area contributed by atoms with Gasteiger partial charge in [0.1, 0.15) is 17.3 Å². The number of pyridine rings is 2. The molecule has 0 atom stereocenters. The molecule has 2 N–H and O–H groups in total. The maximum Gasteiger partial charge on any atom is 0.251 e. The third kappa shape index (κ3) is 3.60. The van der Waals surface area contributed by atoms with E-state index in [-0.39, 0.29) is 18.9 Å². The Morgan fingerprint density at radius 1 is 1.06 bits per heavy atom. The van der Waals surface area contributed by atoms with E-state index >= 15 is 0 Å². The van der Waals surface area contributed by atoms with Gasteiger partial charge in [0.2, 0.25) is 0 Å². The predicted octanol–water partition coefficient (Wildman–Crippen LogP) is 3.61. The van der Waals surface area contributed by atoms with Gasteiger partial charge in [0.25, 0.3) is 5.92 Å². The van der Waals surface area contributed by atoms with Crippen LogP contribution in [0.15, 0.2) is 42.9 Å². The van der Waals surface area contributed by atoms with Crippen LogP contribution in [-0.2, 0) is 6.54 Å². The molecule has 3 aromatic heterocycles. The molecule has 32 heavy (non-hydrogen) atoms. The average Bonchev–Trinajstić information content (AvgIpc) is 3.24. The molecule has 166 valence electrons. The molecule has 9 heteroatoms. The van der Waals surface area contributed by atoms with E-state index in [1.165, 1.54) is 0 Å². The van der Waals surface area contributed by atoms with Crippen molar-refractivity contribution in [3.8, 4) is 16.9 Å². The first-order chi connectivity index (χ1) is 15.5. The lowest BCUT2D eigenvalue weighted by atomic mass is 9.87. The first-order valence-electron chi connectivity index (χ1n) is 11.2. The quantitative estimate of drug-likeness (QED) is 0.650. The van der Waals surface area contributed by atoms with Gasteiger partial charge in [-0.25, -0.2) is 23.4 Å². The zero-order valence-corrected chi connectivity index (χ0v) is 17.6. The summed E-state index contributed by atoms with van der Waals surface area (Å²) in [6.07, 6.45) is 7.51. The number of hydrogen-bond donors (Lipinski definition) is 2. The largest absolute Gasteiger partial charge is 0.365 e. The molecule has 1 aliphatic carbocycles. The molecule has 2 aliphatic heterocycles. The van der Waals surface area contributed by atoms with E-state index in [4.69, 9.17) is 5.10 Å². The van der Waals surface area contributed by atoms with Gasteiger partial charge < -0.3 is 15.5 Å². The number of rotatable bonds is 4. The molecule has 3 aliphatic rings. The molecule has 0 bridgehead atoms. The lowest BCUT2D eigenvalue weighted by Gasteiger charge is -2.40. The van der Waals surface area contributed by atoms with E-state index in [1.807, 2.05) is 41.3 Å². The van der Waals surface area contributed by atoms with E-state index in [0.717, 1.165) is 60.1 Å². The Morgan fingerprint density at radius 2 is 1.91 bits per heavy atom. The Hall–Kier alpha value is -3.07. The Balaban J connectivity index is 1.11. The number of fused-ring (bicyclic) bond motifs is 3. The Kier molecular flexibility index (Phi) is 4.60. The van der Waals surface area contributed by atoms with Crippen molar-refractivity contribution in [2.75, 3.05) is 23.3 Å². The van der Waals surface area contributed by atoms with E-state index < -0.39 is 5.92 Å². The smallest absolute Gasteiger partial charge is 0.251 e. The van der Waals surface area contributed by atoms with Crippen molar-refractivity contribution in [3.05, 3.63) is 48.4 Å². The normalized spacial score (nSPS) is 20.2. The first kappa shape index (κ1) is 19.6. The summed E-state index contributed by atoms with van der Waals surface area (Å²) in [6.45, 7) is 2.45. The standard InChI is InChI=1S/C23H25F2N7/c24-23(25)10-17(11-23)29-16-5-8-31(9-6-16)20-4-3-18(13-27-20)32-14-15-12-28-22-19(21(15)30-32)2-1-7-26-22/h1-4,7,13-14,16-17,29H,5-6,8-12H2,(H,26,28). The summed E-state index contributed by atoms with van der Waals surface area (Å²) in [5.74, 6) is -0.660. The van der Waals surface area contributed by atoms with Gasteiger partial charge in [0, 0.05) is 68.1 Å².